The van der Waals surface area contributed by atoms with E-state index in [4.69, 9.17) is 13.9 Å². The number of benzene rings is 2. The van der Waals surface area contributed by atoms with Crippen LogP contribution in [-0.2, 0) is 10.0 Å². The zero-order valence-electron chi connectivity index (χ0n) is 17.7. The molecule has 1 heterocycles. The van der Waals surface area contributed by atoms with Gasteiger partial charge in [0.2, 0.25) is 15.9 Å². The standard InChI is InChI=1S/C21H22N4O6S/c1-25(15-6-7-15)32(27,28)18-8-4-13(5-9-18)19(26)22-21-24-23-20(31-21)14-10-16(29-2)12-17(11-14)30-3/h4-5,8-12,15H,6-7H2,1-3H3,(H,22,24,26). The molecule has 0 atom stereocenters. The SMILES string of the molecule is COc1cc(OC)cc(-c2nnc(NC(=O)c3ccc(S(=O)(=O)N(C)C4CC4)cc3)o2)c1. The molecule has 1 aliphatic carbocycles. The third kappa shape index (κ3) is 4.43. The van der Waals surface area contributed by atoms with Crippen molar-refractivity contribution in [1.82, 2.24) is 14.5 Å². The zero-order valence-corrected chi connectivity index (χ0v) is 18.5. The molecule has 1 fully saturated rings. The van der Waals surface area contributed by atoms with E-state index in [0.29, 0.717) is 17.1 Å². The summed E-state index contributed by atoms with van der Waals surface area (Å²) in [6.45, 7) is 0. The first kappa shape index (κ1) is 21.8. The first-order valence-corrected chi connectivity index (χ1v) is 11.2. The Kier molecular flexibility index (Phi) is 5.85. The number of nitrogens with zero attached hydrogens (tertiary/aromatic N) is 3. The van der Waals surface area contributed by atoms with Crippen LogP contribution in [0.5, 0.6) is 11.5 Å². The Morgan fingerprint density at radius 1 is 1.06 bits per heavy atom. The smallest absolute Gasteiger partial charge is 0.322 e. The molecule has 168 valence electrons. The zero-order chi connectivity index (χ0) is 22.9. The van der Waals surface area contributed by atoms with Gasteiger partial charge in [-0.25, -0.2) is 8.42 Å². The first-order valence-electron chi connectivity index (χ1n) is 9.78. The molecule has 1 amide bonds. The van der Waals surface area contributed by atoms with Gasteiger partial charge in [0.15, 0.2) is 0 Å². The Bertz CT molecular complexity index is 1210. The van der Waals surface area contributed by atoms with Crippen LogP contribution in [0.1, 0.15) is 23.2 Å². The number of hydrogen-bond acceptors (Lipinski definition) is 8. The molecule has 0 unspecified atom stereocenters. The number of aromatic nitrogens is 2. The van der Waals surface area contributed by atoms with Gasteiger partial charge in [-0.3, -0.25) is 10.1 Å². The summed E-state index contributed by atoms with van der Waals surface area (Å²) in [7, 11) is 1.05. The van der Waals surface area contributed by atoms with Crippen LogP contribution in [0.15, 0.2) is 51.8 Å². The maximum Gasteiger partial charge on any atom is 0.322 e. The molecule has 0 saturated heterocycles. The highest BCUT2D eigenvalue weighted by molar-refractivity contribution is 7.89. The quantitative estimate of drug-likeness (QED) is 0.546. The molecule has 10 nitrogen and oxygen atoms in total. The minimum atomic E-state index is -3.58. The number of hydrogen-bond donors (Lipinski definition) is 1. The summed E-state index contributed by atoms with van der Waals surface area (Å²) >= 11 is 0. The highest BCUT2D eigenvalue weighted by Gasteiger charge is 2.35. The van der Waals surface area contributed by atoms with Crippen LogP contribution < -0.4 is 14.8 Å². The molecule has 4 rings (SSSR count). The van der Waals surface area contributed by atoms with Crippen molar-refractivity contribution in [2.45, 2.75) is 23.8 Å². The van der Waals surface area contributed by atoms with Crippen molar-refractivity contribution in [3.8, 4) is 23.0 Å². The molecule has 0 aliphatic heterocycles. The van der Waals surface area contributed by atoms with Crippen LogP contribution in [0.4, 0.5) is 6.01 Å². The van der Waals surface area contributed by atoms with Crippen molar-refractivity contribution in [2.24, 2.45) is 0 Å². The molecule has 11 heteroatoms. The maximum atomic E-state index is 12.6. The number of nitrogens with one attached hydrogen (secondary N) is 1. The van der Waals surface area contributed by atoms with Gasteiger partial charge < -0.3 is 13.9 Å². The molecule has 32 heavy (non-hydrogen) atoms. The van der Waals surface area contributed by atoms with E-state index < -0.39 is 15.9 Å². The van der Waals surface area contributed by atoms with E-state index >= 15 is 0 Å². The van der Waals surface area contributed by atoms with Crippen molar-refractivity contribution in [3.05, 3.63) is 48.0 Å². The Morgan fingerprint density at radius 3 is 2.25 bits per heavy atom. The second-order valence-electron chi connectivity index (χ2n) is 7.24. The lowest BCUT2D eigenvalue weighted by molar-refractivity contribution is 0.102. The lowest BCUT2D eigenvalue weighted by atomic mass is 10.2. The van der Waals surface area contributed by atoms with E-state index in [9.17, 15) is 13.2 Å². The number of ether oxygens (including phenoxy) is 2. The molecule has 1 N–H and O–H groups in total. The summed E-state index contributed by atoms with van der Waals surface area (Å²) < 4.78 is 42.5. The normalized spacial score (nSPS) is 13.8. The van der Waals surface area contributed by atoms with Gasteiger partial charge in [0, 0.05) is 30.3 Å². The fourth-order valence-corrected chi connectivity index (χ4v) is 4.49. The Labute approximate surface area is 185 Å². The number of carbonyl (C=O) groups is 1. The number of sulfonamides is 1. The topological polar surface area (TPSA) is 124 Å². The number of carbonyl (C=O) groups excluding carboxylic acids is 1. The molecular formula is C21H22N4O6S. The van der Waals surface area contributed by atoms with E-state index in [1.54, 1.807) is 25.2 Å². The Balaban J connectivity index is 1.48. The molecule has 2 aromatic carbocycles. The molecule has 0 radical (unpaired) electrons. The van der Waals surface area contributed by atoms with E-state index in [1.807, 2.05) is 0 Å². The molecular weight excluding hydrogens is 436 g/mol. The van der Waals surface area contributed by atoms with Crippen molar-refractivity contribution in [1.29, 1.82) is 0 Å². The summed E-state index contributed by atoms with van der Waals surface area (Å²) in [6, 6.07) is 10.7. The third-order valence-corrected chi connectivity index (χ3v) is 7.02. The lowest BCUT2D eigenvalue weighted by Gasteiger charge is -2.16. The fourth-order valence-electron chi connectivity index (χ4n) is 3.07. The maximum absolute atomic E-state index is 12.6. The van der Waals surface area contributed by atoms with Gasteiger partial charge in [0.25, 0.3) is 5.91 Å². The van der Waals surface area contributed by atoms with Crippen LogP contribution in [-0.4, -0.2) is 56.1 Å². The number of rotatable bonds is 8. The van der Waals surface area contributed by atoms with E-state index in [-0.39, 0.29) is 28.4 Å². The summed E-state index contributed by atoms with van der Waals surface area (Å²) in [6.07, 6.45) is 1.73. The van der Waals surface area contributed by atoms with Crippen LogP contribution in [0.3, 0.4) is 0 Å². The number of amides is 1. The monoisotopic (exact) mass is 458 g/mol. The van der Waals surface area contributed by atoms with Gasteiger partial charge in [-0.05, 0) is 49.2 Å². The fraction of sp³-hybridized carbons (Fsp3) is 0.286. The number of anilines is 1. The Morgan fingerprint density at radius 2 is 1.69 bits per heavy atom. The summed E-state index contributed by atoms with van der Waals surface area (Å²) in [5.41, 5.74) is 0.810. The van der Waals surface area contributed by atoms with Gasteiger partial charge in [-0.1, -0.05) is 5.10 Å². The van der Waals surface area contributed by atoms with E-state index in [0.717, 1.165) is 12.8 Å². The van der Waals surface area contributed by atoms with Crippen LogP contribution in [0, 0.1) is 0 Å². The summed E-state index contributed by atoms with van der Waals surface area (Å²) in [5, 5.41) is 10.3. The van der Waals surface area contributed by atoms with Crippen LogP contribution in [0.25, 0.3) is 11.5 Å². The average Bonchev–Trinajstić information content (AvgIpc) is 3.56. The van der Waals surface area contributed by atoms with Gasteiger partial charge >= 0.3 is 6.01 Å². The molecule has 3 aromatic rings. The van der Waals surface area contributed by atoms with Crippen molar-refractivity contribution < 1.29 is 27.1 Å². The first-order chi connectivity index (χ1) is 15.3. The molecule has 0 bridgehead atoms. The van der Waals surface area contributed by atoms with Crippen LogP contribution in [0.2, 0.25) is 0 Å². The largest absolute Gasteiger partial charge is 0.497 e. The average molecular weight is 458 g/mol. The highest BCUT2D eigenvalue weighted by atomic mass is 32.2. The second-order valence-corrected chi connectivity index (χ2v) is 9.24. The summed E-state index contributed by atoms with van der Waals surface area (Å²) in [5.74, 6) is 0.751. The van der Waals surface area contributed by atoms with Crippen molar-refractivity contribution in [2.75, 3.05) is 26.6 Å². The minimum Gasteiger partial charge on any atom is -0.497 e. The Hall–Kier alpha value is -3.44. The van der Waals surface area contributed by atoms with E-state index in [2.05, 4.69) is 15.5 Å². The van der Waals surface area contributed by atoms with Gasteiger partial charge in [-0.2, -0.15) is 4.31 Å². The second kappa shape index (κ2) is 8.60. The lowest BCUT2D eigenvalue weighted by Crippen LogP contribution is -2.29. The molecule has 1 aliphatic rings. The number of methoxy groups -OCH3 is 2. The van der Waals surface area contributed by atoms with Crippen molar-refractivity contribution >= 4 is 21.9 Å². The van der Waals surface area contributed by atoms with Gasteiger partial charge in [-0.15, -0.1) is 5.10 Å². The highest BCUT2D eigenvalue weighted by Crippen LogP contribution is 2.31. The predicted molar refractivity (Wildman–Crippen MR) is 115 cm³/mol. The summed E-state index contributed by atoms with van der Waals surface area (Å²) in [4.78, 5) is 12.7. The van der Waals surface area contributed by atoms with Gasteiger partial charge in [0.05, 0.1) is 19.1 Å². The van der Waals surface area contributed by atoms with Gasteiger partial charge in [0.1, 0.15) is 11.5 Å². The molecule has 1 aromatic heterocycles. The molecule has 1 saturated carbocycles. The van der Waals surface area contributed by atoms with E-state index in [1.165, 1.54) is 42.8 Å². The van der Waals surface area contributed by atoms with Crippen molar-refractivity contribution in [3.63, 3.8) is 0 Å². The predicted octanol–water partition coefficient (Wildman–Crippen LogP) is 2.79. The third-order valence-electron chi connectivity index (χ3n) is 5.10. The minimum absolute atomic E-state index is 0.0549. The van der Waals surface area contributed by atoms with Crippen LogP contribution >= 0.6 is 0 Å². The molecule has 0 spiro atoms.